The van der Waals surface area contributed by atoms with E-state index in [1.807, 2.05) is 6.92 Å². The van der Waals surface area contributed by atoms with Crippen molar-refractivity contribution in [2.24, 2.45) is 5.92 Å². The lowest BCUT2D eigenvalue weighted by Crippen LogP contribution is -2.42. The number of esters is 1. The first-order valence-corrected chi connectivity index (χ1v) is 5.64. The molecule has 15 heavy (non-hydrogen) atoms. The van der Waals surface area contributed by atoms with Crippen molar-refractivity contribution >= 4 is 5.97 Å². The van der Waals surface area contributed by atoms with Gasteiger partial charge in [0.05, 0.1) is 24.7 Å². The largest absolute Gasteiger partial charge is 0.466 e. The van der Waals surface area contributed by atoms with Crippen LogP contribution in [0.4, 0.5) is 0 Å². The van der Waals surface area contributed by atoms with Crippen LogP contribution >= 0.6 is 0 Å². The van der Waals surface area contributed by atoms with E-state index < -0.39 is 0 Å². The van der Waals surface area contributed by atoms with E-state index in [4.69, 9.17) is 14.2 Å². The lowest BCUT2D eigenvalue weighted by Gasteiger charge is -2.35. The summed E-state index contributed by atoms with van der Waals surface area (Å²) in [5.74, 6) is -0.0764. The van der Waals surface area contributed by atoms with Crippen molar-refractivity contribution in [1.29, 1.82) is 0 Å². The van der Waals surface area contributed by atoms with Gasteiger partial charge in [0.15, 0.2) is 0 Å². The summed E-state index contributed by atoms with van der Waals surface area (Å²) in [6.07, 6.45) is 2.44. The van der Waals surface area contributed by atoms with E-state index in [2.05, 4.69) is 0 Å². The number of ether oxygens (including phenoxy) is 3. The molecule has 2 atom stereocenters. The molecule has 0 aromatic heterocycles. The fraction of sp³-hybridized carbons (Fsp3) is 0.909. The molecular weight excluding hydrogens is 196 g/mol. The van der Waals surface area contributed by atoms with Crippen molar-refractivity contribution < 1.29 is 19.0 Å². The first-order chi connectivity index (χ1) is 7.26. The van der Waals surface area contributed by atoms with Gasteiger partial charge >= 0.3 is 5.97 Å². The zero-order chi connectivity index (χ0) is 10.7. The average Bonchev–Trinajstić information content (AvgIpc) is 2.67. The molecule has 0 bridgehead atoms. The Hall–Kier alpha value is -0.610. The highest BCUT2D eigenvalue weighted by molar-refractivity contribution is 5.72. The molecule has 0 aromatic rings. The second-order valence-electron chi connectivity index (χ2n) is 4.28. The summed E-state index contributed by atoms with van der Waals surface area (Å²) >= 11 is 0. The second-order valence-corrected chi connectivity index (χ2v) is 4.28. The molecule has 2 heterocycles. The maximum atomic E-state index is 11.6. The van der Waals surface area contributed by atoms with Crippen LogP contribution in [0.15, 0.2) is 0 Å². The maximum Gasteiger partial charge on any atom is 0.309 e. The van der Waals surface area contributed by atoms with Crippen molar-refractivity contribution in [3.63, 3.8) is 0 Å². The zero-order valence-electron chi connectivity index (χ0n) is 9.16. The third-order valence-electron chi connectivity index (χ3n) is 3.18. The standard InChI is InChI=1S/C11H18O4/c1-2-14-10(12)9-3-5-15-11(7-9)4-6-13-8-11/h9H,2-8H2,1H3. The van der Waals surface area contributed by atoms with Crippen LogP contribution in [0.5, 0.6) is 0 Å². The first kappa shape index (κ1) is 10.9. The van der Waals surface area contributed by atoms with E-state index in [0.29, 0.717) is 19.8 Å². The van der Waals surface area contributed by atoms with Crippen LogP contribution in [0, 0.1) is 5.92 Å². The molecule has 2 fully saturated rings. The van der Waals surface area contributed by atoms with Crippen molar-refractivity contribution in [3.8, 4) is 0 Å². The molecule has 0 saturated carbocycles. The minimum atomic E-state index is -0.199. The summed E-state index contributed by atoms with van der Waals surface area (Å²) in [6, 6.07) is 0. The maximum absolute atomic E-state index is 11.6. The Labute approximate surface area is 89.9 Å². The Morgan fingerprint density at radius 3 is 3.07 bits per heavy atom. The number of hydrogen-bond donors (Lipinski definition) is 0. The highest BCUT2D eigenvalue weighted by atomic mass is 16.6. The molecule has 0 aromatic carbocycles. The lowest BCUT2D eigenvalue weighted by molar-refractivity contribution is -0.160. The van der Waals surface area contributed by atoms with Gasteiger partial charge < -0.3 is 14.2 Å². The SMILES string of the molecule is CCOC(=O)C1CCOC2(CCOC2)C1. The van der Waals surface area contributed by atoms with Crippen molar-refractivity contribution in [1.82, 2.24) is 0 Å². The predicted molar refractivity (Wildman–Crippen MR) is 53.5 cm³/mol. The monoisotopic (exact) mass is 214 g/mol. The third-order valence-corrected chi connectivity index (χ3v) is 3.18. The molecule has 2 aliphatic rings. The molecule has 0 amide bonds. The van der Waals surface area contributed by atoms with E-state index >= 15 is 0 Å². The molecule has 0 N–H and O–H groups in total. The molecule has 4 nitrogen and oxygen atoms in total. The normalized spacial score (nSPS) is 35.7. The number of rotatable bonds is 2. The predicted octanol–water partition coefficient (Wildman–Crippen LogP) is 1.14. The van der Waals surface area contributed by atoms with Gasteiger partial charge in [-0.2, -0.15) is 0 Å². The highest BCUT2D eigenvalue weighted by Crippen LogP contribution is 2.36. The van der Waals surface area contributed by atoms with Crippen molar-refractivity contribution in [2.75, 3.05) is 26.4 Å². The summed E-state index contributed by atoms with van der Waals surface area (Å²) < 4.78 is 16.1. The highest BCUT2D eigenvalue weighted by Gasteiger charge is 2.43. The molecule has 2 aliphatic heterocycles. The molecule has 2 unspecified atom stereocenters. The van der Waals surface area contributed by atoms with E-state index in [0.717, 1.165) is 25.9 Å². The summed E-state index contributed by atoms with van der Waals surface area (Å²) in [4.78, 5) is 11.6. The summed E-state index contributed by atoms with van der Waals surface area (Å²) in [5.41, 5.74) is -0.199. The van der Waals surface area contributed by atoms with Gasteiger partial charge in [-0.25, -0.2) is 0 Å². The Morgan fingerprint density at radius 2 is 2.40 bits per heavy atom. The minimum Gasteiger partial charge on any atom is -0.466 e. The average molecular weight is 214 g/mol. The van der Waals surface area contributed by atoms with Gasteiger partial charge in [0.1, 0.15) is 0 Å². The number of carbonyl (C=O) groups is 1. The molecule has 0 aliphatic carbocycles. The van der Waals surface area contributed by atoms with Crippen LogP contribution in [0.3, 0.4) is 0 Å². The van der Waals surface area contributed by atoms with Gasteiger partial charge in [0, 0.05) is 19.6 Å². The van der Waals surface area contributed by atoms with Crippen LogP contribution in [-0.4, -0.2) is 38.0 Å². The van der Waals surface area contributed by atoms with E-state index in [-0.39, 0.29) is 17.5 Å². The smallest absolute Gasteiger partial charge is 0.309 e. The summed E-state index contributed by atoms with van der Waals surface area (Å²) in [7, 11) is 0. The van der Waals surface area contributed by atoms with Gasteiger partial charge in [-0.3, -0.25) is 4.79 Å². The Morgan fingerprint density at radius 1 is 1.53 bits per heavy atom. The second kappa shape index (κ2) is 4.49. The van der Waals surface area contributed by atoms with Gasteiger partial charge in [0.25, 0.3) is 0 Å². The Bertz CT molecular complexity index is 233. The zero-order valence-corrected chi connectivity index (χ0v) is 9.16. The topological polar surface area (TPSA) is 44.8 Å². The minimum absolute atomic E-state index is 0.000370. The summed E-state index contributed by atoms with van der Waals surface area (Å²) in [5, 5.41) is 0. The molecule has 0 radical (unpaired) electrons. The Kier molecular flexibility index (Phi) is 3.26. The molecule has 86 valence electrons. The number of carbonyl (C=O) groups excluding carboxylic acids is 1. The Balaban J connectivity index is 1.94. The van der Waals surface area contributed by atoms with Gasteiger partial charge in [-0.05, 0) is 19.8 Å². The van der Waals surface area contributed by atoms with E-state index in [1.54, 1.807) is 0 Å². The molecule has 4 heteroatoms. The molecule has 1 spiro atoms. The van der Waals surface area contributed by atoms with Crippen LogP contribution < -0.4 is 0 Å². The van der Waals surface area contributed by atoms with Crippen LogP contribution in [0.2, 0.25) is 0 Å². The van der Waals surface area contributed by atoms with E-state index in [9.17, 15) is 4.79 Å². The fourth-order valence-electron chi connectivity index (χ4n) is 2.35. The lowest BCUT2D eigenvalue weighted by atomic mass is 9.85. The van der Waals surface area contributed by atoms with Crippen molar-refractivity contribution in [2.45, 2.75) is 31.8 Å². The van der Waals surface area contributed by atoms with Gasteiger partial charge in [0.2, 0.25) is 0 Å². The van der Waals surface area contributed by atoms with Crippen LogP contribution in [0.25, 0.3) is 0 Å². The first-order valence-electron chi connectivity index (χ1n) is 5.64. The van der Waals surface area contributed by atoms with Gasteiger partial charge in [-0.15, -0.1) is 0 Å². The van der Waals surface area contributed by atoms with Crippen molar-refractivity contribution in [3.05, 3.63) is 0 Å². The number of hydrogen-bond acceptors (Lipinski definition) is 4. The van der Waals surface area contributed by atoms with Gasteiger partial charge in [-0.1, -0.05) is 0 Å². The van der Waals surface area contributed by atoms with Crippen LogP contribution in [-0.2, 0) is 19.0 Å². The fourth-order valence-corrected chi connectivity index (χ4v) is 2.35. The molecule has 2 rings (SSSR count). The summed E-state index contributed by atoms with van der Waals surface area (Å²) in [6.45, 7) is 4.32. The van der Waals surface area contributed by atoms with Crippen LogP contribution in [0.1, 0.15) is 26.2 Å². The third kappa shape index (κ3) is 2.32. The molecule has 2 saturated heterocycles. The molecular formula is C11H18O4. The quantitative estimate of drug-likeness (QED) is 0.646. The van der Waals surface area contributed by atoms with E-state index in [1.165, 1.54) is 0 Å².